The topological polar surface area (TPSA) is 44.4 Å². The van der Waals surface area contributed by atoms with Crippen molar-refractivity contribution in [3.8, 4) is 0 Å². The first-order chi connectivity index (χ1) is 8.67. The quantitative estimate of drug-likeness (QED) is 0.831. The van der Waals surface area contributed by atoms with E-state index in [1.807, 2.05) is 0 Å². The highest BCUT2D eigenvalue weighted by molar-refractivity contribution is 5.86. The predicted octanol–water partition coefficient (Wildman–Crippen LogP) is 1.72. The maximum absolute atomic E-state index is 12.4. The normalized spacial score (nSPS) is 34.0. The van der Waals surface area contributed by atoms with E-state index in [0.29, 0.717) is 6.04 Å². The Hall–Kier alpha value is -0.0300. The van der Waals surface area contributed by atoms with Crippen LogP contribution < -0.4 is 10.6 Å². The van der Waals surface area contributed by atoms with Gasteiger partial charge in [0.25, 0.3) is 0 Å². The van der Waals surface area contributed by atoms with E-state index >= 15 is 0 Å². The lowest BCUT2D eigenvalue weighted by Crippen LogP contribution is -2.58. The maximum atomic E-state index is 12.4. The molecule has 3 rings (SSSR count). The van der Waals surface area contributed by atoms with Gasteiger partial charge in [-0.15, -0.1) is 24.8 Å². The molecular weight excluding hydrogens is 297 g/mol. The molecule has 0 aromatic heterocycles. The smallest absolute Gasteiger partial charge is 0.240 e. The predicted molar refractivity (Wildman–Crippen MR) is 85.9 cm³/mol. The molecule has 0 bridgehead atoms. The summed E-state index contributed by atoms with van der Waals surface area (Å²) in [4.78, 5) is 14.9. The third-order valence-corrected chi connectivity index (χ3v) is 4.74. The van der Waals surface area contributed by atoms with Crippen molar-refractivity contribution in [3.63, 3.8) is 0 Å². The lowest BCUT2D eigenvalue weighted by molar-refractivity contribution is -0.128. The summed E-state index contributed by atoms with van der Waals surface area (Å²) >= 11 is 0. The Bertz CT molecular complexity index is 330. The van der Waals surface area contributed by atoms with Gasteiger partial charge in [-0.2, -0.15) is 0 Å². The zero-order valence-electron chi connectivity index (χ0n) is 12.2. The molecule has 1 saturated carbocycles. The second-order valence-electron chi connectivity index (χ2n) is 6.40. The highest BCUT2D eigenvalue weighted by Crippen LogP contribution is 2.30. The number of likely N-dealkylation sites (tertiary alicyclic amines) is 1. The summed E-state index contributed by atoms with van der Waals surface area (Å²) < 4.78 is 0. The van der Waals surface area contributed by atoms with Gasteiger partial charge in [-0.1, -0.05) is 0 Å². The highest BCUT2D eigenvalue weighted by Gasteiger charge is 2.38. The summed E-state index contributed by atoms with van der Waals surface area (Å²) in [6, 6.07) is 1.20. The molecule has 2 unspecified atom stereocenters. The van der Waals surface area contributed by atoms with E-state index in [-0.39, 0.29) is 36.3 Å². The molecule has 2 saturated heterocycles. The number of carbonyl (C=O) groups excluding carboxylic acids is 1. The van der Waals surface area contributed by atoms with E-state index in [2.05, 4.69) is 22.5 Å². The molecule has 0 aromatic carbocycles. The standard InChI is InChI=1S/C14H25N3O.2ClH/c1-14(7-2-3-8-15-14)13(18)16-11-6-9-17(10-11)12-4-5-12;;/h11-12,15H,2-10H2,1H3,(H,16,18);2*1H. The lowest BCUT2D eigenvalue weighted by Gasteiger charge is -2.34. The van der Waals surface area contributed by atoms with Crippen LogP contribution in [-0.2, 0) is 4.79 Å². The minimum atomic E-state index is -0.328. The molecule has 3 fully saturated rings. The van der Waals surface area contributed by atoms with Gasteiger partial charge >= 0.3 is 0 Å². The molecule has 20 heavy (non-hydrogen) atoms. The molecule has 2 N–H and O–H groups in total. The average molecular weight is 324 g/mol. The Balaban J connectivity index is 0.000001000. The van der Waals surface area contributed by atoms with Gasteiger partial charge in [-0.25, -0.2) is 0 Å². The minimum absolute atomic E-state index is 0. The number of carbonyl (C=O) groups is 1. The average Bonchev–Trinajstić information content (AvgIpc) is 3.11. The zero-order valence-corrected chi connectivity index (χ0v) is 13.8. The number of rotatable bonds is 3. The fourth-order valence-electron chi connectivity index (χ4n) is 3.27. The van der Waals surface area contributed by atoms with Gasteiger partial charge in [0, 0.05) is 25.2 Å². The number of nitrogens with zero attached hydrogens (tertiary/aromatic N) is 1. The van der Waals surface area contributed by atoms with Crippen molar-refractivity contribution in [2.24, 2.45) is 0 Å². The van der Waals surface area contributed by atoms with Crippen molar-refractivity contribution in [1.82, 2.24) is 15.5 Å². The van der Waals surface area contributed by atoms with Gasteiger partial charge in [-0.3, -0.25) is 9.69 Å². The van der Waals surface area contributed by atoms with Crippen LogP contribution in [-0.4, -0.2) is 48.1 Å². The van der Waals surface area contributed by atoms with Crippen LogP contribution in [0, 0.1) is 0 Å². The third-order valence-electron chi connectivity index (χ3n) is 4.74. The number of halogens is 2. The van der Waals surface area contributed by atoms with E-state index in [9.17, 15) is 4.79 Å². The summed E-state index contributed by atoms with van der Waals surface area (Å²) in [5, 5.41) is 6.65. The van der Waals surface area contributed by atoms with Crippen molar-refractivity contribution in [2.75, 3.05) is 19.6 Å². The van der Waals surface area contributed by atoms with E-state index in [0.717, 1.165) is 38.4 Å². The van der Waals surface area contributed by atoms with Gasteiger partial charge in [0.15, 0.2) is 0 Å². The molecule has 2 heterocycles. The number of hydrogen-bond acceptors (Lipinski definition) is 3. The first-order valence-corrected chi connectivity index (χ1v) is 7.47. The van der Waals surface area contributed by atoms with Crippen molar-refractivity contribution < 1.29 is 4.79 Å². The molecule has 1 amide bonds. The van der Waals surface area contributed by atoms with Gasteiger partial charge in [0.1, 0.15) is 0 Å². The van der Waals surface area contributed by atoms with Gasteiger partial charge in [-0.05, 0) is 52.0 Å². The first-order valence-electron chi connectivity index (χ1n) is 7.47. The van der Waals surface area contributed by atoms with Crippen molar-refractivity contribution in [1.29, 1.82) is 0 Å². The summed E-state index contributed by atoms with van der Waals surface area (Å²) in [6.07, 6.45) is 7.17. The van der Waals surface area contributed by atoms with Crippen molar-refractivity contribution >= 4 is 30.7 Å². The Morgan fingerprint density at radius 1 is 1.25 bits per heavy atom. The van der Waals surface area contributed by atoms with Crippen LogP contribution in [0.3, 0.4) is 0 Å². The molecule has 6 heteroatoms. The summed E-state index contributed by atoms with van der Waals surface area (Å²) in [6.45, 7) is 5.25. The molecule has 1 aliphatic carbocycles. The van der Waals surface area contributed by atoms with Crippen LogP contribution in [0.15, 0.2) is 0 Å². The molecule has 0 aromatic rings. The largest absolute Gasteiger partial charge is 0.350 e. The molecular formula is C14H27Cl2N3O. The fraction of sp³-hybridized carbons (Fsp3) is 0.929. The number of amides is 1. The van der Waals surface area contributed by atoms with Crippen LogP contribution in [0.25, 0.3) is 0 Å². The van der Waals surface area contributed by atoms with Crippen LogP contribution in [0.5, 0.6) is 0 Å². The first kappa shape index (κ1) is 18.0. The Labute approximate surface area is 134 Å². The minimum Gasteiger partial charge on any atom is -0.350 e. The Kier molecular flexibility index (Phi) is 6.58. The molecule has 118 valence electrons. The van der Waals surface area contributed by atoms with Gasteiger partial charge < -0.3 is 10.6 Å². The molecule has 4 nitrogen and oxygen atoms in total. The highest BCUT2D eigenvalue weighted by atomic mass is 35.5. The van der Waals surface area contributed by atoms with Gasteiger partial charge in [0.2, 0.25) is 5.91 Å². The van der Waals surface area contributed by atoms with E-state index in [1.165, 1.54) is 25.8 Å². The molecule has 3 aliphatic rings. The van der Waals surface area contributed by atoms with Crippen molar-refractivity contribution in [3.05, 3.63) is 0 Å². The van der Waals surface area contributed by atoms with Crippen molar-refractivity contribution in [2.45, 2.75) is 63.1 Å². The zero-order chi connectivity index (χ0) is 12.6. The number of nitrogens with one attached hydrogen (secondary N) is 2. The molecule has 0 spiro atoms. The molecule has 2 atom stereocenters. The van der Waals surface area contributed by atoms with E-state index in [4.69, 9.17) is 0 Å². The lowest BCUT2D eigenvalue weighted by atomic mass is 9.90. The van der Waals surface area contributed by atoms with E-state index < -0.39 is 0 Å². The summed E-state index contributed by atoms with van der Waals surface area (Å²) in [5.41, 5.74) is -0.328. The Morgan fingerprint density at radius 3 is 2.60 bits per heavy atom. The fourth-order valence-corrected chi connectivity index (χ4v) is 3.27. The van der Waals surface area contributed by atoms with Crippen LogP contribution in [0.4, 0.5) is 0 Å². The van der Waals surface area contributed by atoms with Crippen LogP contribution in [0.1, 0.15) is 45.4 Å². The Morgan fingerprint density at radius 2 is 2.00 bits per heavy atom. The monoisotopic (exact) mass is 323 g/mol. The number of hydrogen-bond donors (Lipinski definition) is 2. The van der Waals surface area contributed by atoms with Crippen LogP contribution in [0.2, 0.25) is 0 Å². The number of piperidine rings is 1. The molecule has 2 aliphatic heterocycles. The second kappa shape index (κ2) is 7.30. The maximum Gasteiger partial charge on any atom is 0.240 e. The molecule has 0 radical (unpaired) electrons. The van der Waals surface area contributed by atoms with E-state index in [1.54, 1.807) is 0 Å². The van der Waals surface area contributed by atoms with Gasteiger partial charge in [0.05, 0.1) is 5.54 Å². The second-order valence-corrected chi connectivity index (χ2v) is 6.40. The van der Waals surface area contributed by atoms with Crippen LogP contribution >= 0.6 is 24.8 Å². The third kappa shape index (κ3) is 4.00. The SMILES string of the molecule is CC1(C(=O)NC2CCN(C3CC3)C2)CCCCN1.Cl.Cl. The summed E-state index contributed by atoms with van der Waals surface area (Å²) in [7, 11) is 0. The summed E-state index contributed by atoms with van der Waals surface area (Å²) in [5.74, 6) is 0.213.